The van der Waals surface area contributed by atoms with Crippen LogP contribution in [0.15, 0.2) is 0 Å². The molecule has 362 valence electrons. The van der Waals surface area contributed by atoms with Crippen LogP contribution in [0.25, 0.3) is 0 Å². The lowest BCUT2D eigenvalue weighted by molar-refractivity contribution is -0.383. The van der Waals surface area contributed by atoms with Gasteiger partial charge in [0.05, 0.1) is 50.2 Å². The number of carboxylic acids is 1. The number of amides is 1. The summed E-state index contributed by atoms with van der Waals surface area (Å²) in [6.45, 7) is 2.21. The quantitative estimate of drug-likeness (QED) is 0.0451. The first-order valence-corrected chi connectivity index (χ1v) is 21.5. The van der Waals surface area contributed by atoms with Crippen molar-refractivity contribution < 1.29 is 104 Å². The molecular weight excluding hydrogens is 832 g/mol. The van der Waals surface area contributed by atoms with E-state index < -0.39 is 160 Å². The monoisotopic (exact) mass is 902 g/mol. The number of nitrogens with one attached hydrogen (secondary N) is 1. The van der Waals surface area contributed by atoms with Gasteiger partial charge in [-0.25, -0.2) is 4.79 Å². The highest BCUT2D eigenvalue weighted by Gasteiger charge is 2.60. The number of likely N-dealkylation sites (tertiary alicyclic amines) is 1. The lowest BCUT2D eigenvalue weighted by atomic mass is 9.88. The zero-order valence-electron chi connectivity index (χ0n) is 35.4. The minimum absolute atomic E-state index is 0.125. The van der Waals surface area contributed by atoms with Gasteiger partial charge in [-0.1, -0.05) is 51.9 Å². The molecule has 4 fully saturated rings. The first kappa shape index (κ1) is 52.8. The molecule has 4 saturated heterocycles. The maximum atomic E-state index is 13.0. The predicted molar refractivity (Wildman–Crippen MR) is 208 cm³/mol. The van der Waals surface area contributed by atoms with Gasteiger partial charge in [-0.2, -0.15) is 0 Å². The molecule has 0 unspecified atom stereocenters. The van der Waals surface area contributed by atoms with Crippen molar-refractivity contribution in [3.8, 4) is 0 Å². The number of piperidine rings is 1. The largest absolute Gasteiger partial charge is 0.477 e. The summed E-state index contributed by atoms with van der Waals surface area (Å²) in [5.41, 5.74) is 0. The second-order valence-corrected chi connectivity index (χ2v) is 16.8. The van der Waals surface area contributed by atoms with E-state index in [1.807, 2.05) is 0 Å². The second kappa shape index (κ2) is 24.1. The summed E-state index contributed by atoms with van der Waals surface area (Å²) in [6, 6.07) is -2.56. The fraction of sp³-hybridized carbons (Fsp3) is 0.949. The molecule has 0 bridgehead atoms. The third-order valence-electron chi connectivity index (χ3n) is 12.2. The van der Waals surface area contributed by atoms with Crippen LogP contribution in [0.2, 0.25) is 0 Å². The molecule has 4 rings (SSSR count). The molecule has 4 heterocycles. The molecule has 23 nitrogen and oxygen atoms in total. The predicted octanol–water partition coefficient (Wildman–Crippen LogP) is -5.26. The van der Waals surface area contributed by atoms with Crippen LogP contribution in [-0.4, -0.2) is 238 Å². The fourth-order valence-corrected chi connectivity index (χ4v) is 8.60. The van der Waals surface area contributed by atoms with Crippen molar-refractivity contribution >= 4 is 11.9 Å². The number of aliphatic carboxylic acids is 1. The van der Waals surface area contributed by atoms with Crippen molar-refractivity contribution in [2.24, 2.45) is 0 Å². The number of aliphatic hydroxyl groups is 12. The van der Waals surface area contributed by atoms with Crippen molar-refractivity contribution in [1.29, 1.82) is 0 Å². The van der Waals surface area contributed by atoms with Crippen LogP contribution in [-0.2, 0) is 38.0 Å². The van der Waals surface area contributed by atoms with Crippen LogP contribution >= 0.6 is 0 Å². The molecule has 4 aliphatic rings. The van der Waals surface area contributed by atoms with E-state index in [1.54, 1.807) is 4.90 Å². The van der Waals surface area contributed by atoms with Gasteiger partial charge < -0.3 is 100 Å². The van der Waals surface area contributed by atoms with Crippen molar-refractivity contribution in [2.75, 3.05) is 32.9 Å². The minimum atomic E-state index is -3.06. The summed E-state index contributed by atoms with van der Waals surface area (Å²) >= 11 is 0. The van der Waals surface area contributed by atoms with Crippen LogP contribution in [0.3, 0.4) is 0 Å². The Balaban J connectivity index is 1.63. The van der Waals surface area contributed by atoms with Crippen LogP contribution in [0.4, 0.5) is 0 Å². The third kappa shape index (κ3) is 12.5. The normalized spacial score (nSPS) is 41.7. The maximum Gasteiger partial charge on any atom is 0.364 e. The van der Waals surface area contributed by atoms with E-state index in [1.165, 1.54) is 6.92 Å². The number of nitrogens with zero attached hydrogens (tertiary/aromatic N) is 1. The zero-order chi connectivity index (χ0) is 46.1. The molecule has 1 amide bonds. The van der Waals surface area contributed by atoms with Crippen molar-refractivity contribution in [2.45, 2.75) is 201 Å². The molecule has 23 heteroatoms. The van der Waals surface area contributed by atoms with E-state index in [-0.39, 0.29) is 6.54 Å². The number of aliphatic hydroxyl groups excluding tert-OH is 12. The fourth-order valence-electron chi connectivity index (χ4n) is 8.60. The number of carbonyl (C=O) groups is 2. The van der Waals surface area contributed by atoms with Gasteiger partial charge in [0.25, 0.3) is 5.79 Å². The third-order valence-corrected chi connectivity index (χ3v) is 12.2. The lowest BCUT2D eigenvalue weighted by Crippen LogP contribution is -2.71. The molecule has 0 saturated carbocycles. The number of ether oxygens (including phenoxy) is 6. The highest BCUT2D eigenvalue weighted by atomic mass is 16.8. The van der Waals surface area contributed by atoms with Crippen LogP contribution in [0.5, 0.6) is 0 Å². The molecule has 0 aromatic rings. The van der Waals surface area contributed by atoms with Gasteiger partial charge in [-0.05, 0) is 19.9 Å². The van der Waals surface area contributed by atoms with Crippen molar-refractivity contribution in [1.82, 2.24) is 10.2 Å². The summed E-state index contributed by atoms with van der Waals surface area (Å²) in [7, 11) is 0. The van der Waals surface area contributed by atoms with Gasteiger partial charge in [-0.15, -0.1) is 0 Å². The topological polar surface area (TPSA) is 368 Å². The molecule has 0 spiro atoms. The number of hydrogen-bond donors (Lipinski definition) is 14. The van der Waals surface area contributed by atoms with Gasteiger partial charge in [0.15, 0.2) is 12.6 Å². The summed E-state index contributed by atoms with van der Waals surface area (Å²) in [4.78, 5) is 26.7. The van der Waals surface area contributed by atoms with E-state index in [0.717, 1.165) is 51.9 Å². The molecule has 62 heavy (non-hydrogen) atoms. The van der Waals surface area contributed by atoms with Gasteiger partial charge in [0.2, 0.25) is 5.91 Å². The van der Waals surface area contributed by atoms with E-state index in [4.69, 9.17) is 28.4 Å². The van der Waals surface area contributed by atoms with Crippen LogP contribution in [0, 0.1) is 0 Å². The SMILES string of the molecule is CCCCCCCCCCN1C[C@H](O)[C@@H](O[C@@H]2O[C@H](CO)[C@H](O)[C@H](O[C@]3(C(=O)O)C[C@H](O)[C@@H](NC(C)=O)[C@H]([C@H](O)[C@H](O)CO)O3)[C@H]2O)[C@H](O[C@@H]2O[C@@H](C)[C@@H](O)[C@@H](O)[C@@H]2O)[C@H]1CO. The van der Waals surface area contributed by atoms with Crippen LogP contribution in [0.1, 0.15) is 78.6 Å². The van der Waals surface area contributed by atoms with Gasteiger partial charge >= 0.3 is 5.97 Å². The van der Waals surface area contributed by atoms with E-state index in [9.17, 15) is 76.0 Å². The Morgan fingerprint density at radius 3 is 1.97 bits per heavy atom. The molecular formula is C39H70N2O21. The summed E-state index contributed by atoms with van der Waals surface area (Å²) in [5.74, 6) is -5.78. The number of hydrogen-bond acceptors (Lipinski definition) is 21. The number of β-amino-alcohol motifs (C(OH)–C–C–N with tert-alkyl or cyclic N) is 1. The summed E-state index contributed by atoms with van der Waals surface area (Å²) < 4.78 is 35.2. The smallest absolute Gasteiger partial charge is 0.364 e. The zero-order valence-corrected chi connectivity index (χ0v) is 35.4. The number of carboxylic acid groups (broad SMARTS) is 1. The maximum absolute atomic E-state index is 13.0. The van der Waals surface area contributed by atoms with Gasteiger partial charge in [0, 0.05) is 19.9 Å². The average Bonchev–Trinajstić information content (AvgIpc) is 3.23. The Morgan fingerprint density at radius 2 is 1.39 bits per heavy atom. The molecule has 0 radical (unpaired) electrons. The minimum Gasteiger partial charge on any atom is -0.477 e. The highest BCUT2D eigenvalue weighted by Crippen LogP contribution is 2.39. The van der Waals surface area contributed by atoms with Gasteiger partial charge in [-0.3, -0.25) is 9.69 Å². The molecule has 4 aliphatic heterocycles. The Kier molecular flexibility index (Phi) is 20.5. The first-order valence-electron chi connectivity index (χ1n) is 21.5. The summed E-state index contributed by atoms with van der Waals surface area (Å²) in [6.07, 6.45) is -23.3. The summed E-state index contributed by atoms with van der Waals surface area (Å²) in [5, 5.41) is 142. The first-order chi connectivity index (χ1) is 29.4. The Morgan fingerprint density at radius 1 is 0.774 bits per heavy atom. The van der Waals surface area contributed by atoms with E-state index in [0.29, 0.717) is 13.0 Å². The molecule has 0 aliphatic carbocycles. The van der Waals surface area contributed by atoms with Crippen molar-refractivity contribution in [3.05, 3.63) is 0 Å². The second-order valence-electron chi connectivity index (χ2n) is 16.8. The van der Waals surface area contributed by atoms with E-state index >= 15 is 0 Å². The Hall–Kier alpha value is -1.82. The number of rotatable bonds is 22. The van der Waals surface area contributed by atoms with Gasteiger partial charge in [0.1, 0.15) is 73.2 Å². The Bertz CT molecular complexity index is 1370. The lowest BCUT2D eigenvalue weighted by Gasteiger charge is -2.52. The van der Waals surface area contributed by atoms with E-state index in [2.05, 4.69) is 12.2 Å². The molecule has 14 N–H and O–H groups in total. The molecule has 20 atom stereocenters. The van der Waals surface area contributed by atoms with Crippen molar-refractivity contribution in [3.63, 3.8) is 0 Å². The molecule has 0 aromatic heterocycles. The number of carbonyl (C=O) groups excluding carboxylic acids is 1. The molecule has 0 aromatic carbocycles. The van der Waals surface area contributed by atoms with Crippen LogP contribution < -0.4 is 5.32 Å². The number of unbranched alkanes of at least 4 members (excludes halogenated alkanes) is 7. The highest BCUT2D eigenvalue weighted by molar-refractivity contribution is 5.76. The Labute approximate surface area is 359 Å². The average molecular weight is 903 g/mol. The standard InChI is InChI=1S/C39H70N2O21/c1-4-5-6-7-8-9-10-11-12-41-14-22(47)33(32(20(41)15-42)59-36-30(53)29(52)26(49)18(2)57-36)60-37-31(54)35(28(51)24(17-44)58-37)62-39(38(55)56)13-21(46)25(40-19(3)45)34(61-39)27(50)23(48)16-43/h18,20-37,42-44,46-54H,4-17H2,1-3H3,(H,40,45)(H,55,56)/t18-,20+,21-,22-,23+,24+,25+,26+,27+,28-,29+,30-,31+,32+,33+,34+,35-,36-,37-,39-/m0/s1.